The lowest BCUT2D eigenvalue weighted by Crippen LogP contribution is -2.44. The minimum atomic E-state index is 0.811. The fourth-order valence-electron chi connectivity index (χ4n) is 3.55. The van der Waals surface area contributed by atoms with E-state index in [1.54, 1.807) is 0 Å². The van der Waals surface area contributed by atoms with Crippen molar-refractivity contribution in [2.45, 2.75) is 110 Å². The predicted molar refractivity (Wildman–Crippen MR) is 110 cm³/mol. The number of nitrogens with two attached hydrogens (primary N) is 1. The average Bonchev–Trinajstić information content (AvgIpc) is 2.54. The van der Waals surface area contributed by atoms with Crippen molar-refractivity contribution in [3.8, 4) is 0 Å². The van der Waals surface area contributed by atoms with Gasteiger partial charge in [-0.15, -0.1) is 0 Å². The fourth-order valence-corrected chi connectivity index (χ4v) is 3.55. The Hall–Kier alpha value is -0.0800. The summed E-state index contributed by atoms with van der Waals surface area (Å²) < 4.78 is 1.09. The SMILES string of the molecule is CCCCCCCCCCCCCCCCCC[N+](C)(C)CCN. The fraction of sp³-hybridized carbons (Fsp3) is 1.00. The van der Waals surface area contributed by atoms with Gasteiger partial charge in [0.1, 0.15) is 0 Å². The van der Waals surface area contributed by atoms with E-state index >= 15 is 0 Å². The van der Waals surface area contributed by atoms with Gasteiger partial charge in [0, 0.05) is 6.54 Å². The molecule has 2 nitrogen and oxygen atoms in total. The summed E-state index contributed by atoms with van der Waals surface area (Å²) in [7, 11) is 4.61. The molecular weight excluding hydrogens is 292 g/mol. The zero-order valence-corrected chi connectivity index (χ0v) is 17.5. The number of quaternary nitrogens is 1. The summed E-state index contributed by atoms with van der Waals surface area (Å²) in [5.41, 5.74) is 5.66. The van der Waals surface area contributed by atoms with E-state index in [4.69, 9.17) is 5.73 Å². The Morgan fingerprint density at radius 3 is 1.17 bits per heavy atom. The minimum Gasteiger partial charge on any atom is -0.327 e. The highest BCUT2D eigenvalue weighted by Crippen LogP contribution is 2.14. The van der Waals surface area contributed by atoms with Gasteiger partial charge in [0.15, 0.2) is 0 Å². The van der Waals surface area contributed by atoms with E-state index in [9.17, 15) is 0 Å². The molecule has 0 heterocycles. The van der Waals surface area contributed by atoms with Gasteiger partial charge >= 0.3 is 0 Å². The van der Waals surface area contributed by atoms with Crippen molar-refractivity contribution in [2.24, 2.45) is 5.73 Å². The Morgan fingerprint density at radius 2 is 0.833 bits per heavy atom. The lowest BCUT2D eigenvalue weighted by molar-refractivity contribution is -0.889. The lowest BCUT2D eigenvalue weighted by atomic mass is 10.0. The molecule has 0 aromatic carbocycles. The van der Waals surface area contributed by atoms with E-state index in [2.05, 4.69) is 21.0 Å². The maximum Gasteiger partial charge on any atom is 0.0907 e. The standard InChI is InChI=1S/C22H49N2/c1-4-5-6-7-8-9-10-11-12-13-14-15-16-17-18-19-21-24(2,3)22-20-23/h4-23H2,1-3H3/q+1. The summed E-state index contributed by atoms with van der Waals surface area (Å²) in [6, 6.07) is 0. The second-order valence-corrected chi connectivity index (χ2v) is 8.47. The van der Waals surface area contributed by atoms with E-state index in [0.717, 1.165) is 17.6 Å². The van der Waals surface area contributed by atoms with E-state index in [-0.39, 0.29) is 0 Å². The third-order valence-corrected chi connectivity index (χ3v) is 5.35. The summed E-state index contributed by atoms with van der Waals surface area (Å²) in [6.07, 6.45) is 23.1. The smallest absolute Gasteiger partial charge is 0.0907 e. The molecule has 0 radical (unpaired) electrons. The summed E-state index contributed by atoms with van der Waals surface area (Å²) in [5, 5.41) is 0. The quantitative estimate of drug-likeness (QED) is 0.217. The number of nitrogens with zero attached hydrogens (tertiary/aromatic N) is 1. The average molecular weight is 342 g/mol. The van der Waals surface area contributed by atoms with Crippen LogP contribution in [0.15, 0.2) is 0 Å². The second kappa shape index (κ2) is 17.7. The van der Waals surface area contributed by atoms with Crippen LogP contribution >= 0.6 is 0 Å². The molecule has 0 aliphatic carbocycles. The van der Waals surface area contributed by atoms with Gasteiger partial charge in [-0.2, -0.15) is 0 Å². The molecule has 2 N–H and O–H groups in total. The monoisotopic (exact) mass is 341 g/mol. The van der Waals surface area contributed by atoms with Crippen molar-refractivity contribution >= 4 is 0 Å². The van der Waals surface area contributed by atoms with Gasteiger partial charge in [-0.3, -0.25) is 0 Å². The highest BCUT2D eigenvalue weighted by Gasteiger charge is 2.12. The van der Waals surface area contributed by atoms with Gasteiger partial charge < -0.3 is 10.2 Å². The van der Waals surface area contributed by atoms with Crippen LogP contribution in [0.1, 0.15) is 110 Å². The zero-order valence-electron chi connectivity index (χ0n) is 17.5. The van der Waals surface area contributed by atoms with Gasteiger partial charge in [0.2, 0.25) is 0 Å². The van der Waals surface area contributed by atoms with E-state index in [1.807, 2.05) is 0 Å². The van der Waals surface area contributed by atoms with Crippen LogP contribution in [-0.2, 0) is 0 Å². The van der Waals surface area contributed by atoms with Crippen LogP contribution in [0.3, 0.4) is 0 Å². The Morgan fingerprint density at radius 1 is 0.500 bits per heavy atom. The largest absolute Gasteiger partial charge is 0.327 e. The molecule has 24 heavy (non-hydrogen) atoms. The number of hydrogen-bond acceptors (Lipinski definition) is 1. The molecule has 0 bridgehead atoms. The lowest BCUT2D eigenvalue weighted by Gasteiger charge is -2.29. The van der Waals surface area contributed by atoms with Crippen LogP contribution < -0.4 is 5.73 Å². The topological polar surface area (TPSA) is 26.0 Å². The van der Waals surface area contributed by atoms with Gasteiger partial charge in [0.25, 0.3) is 0 Å². The van der Waals surface area contributed by atoms with E-state index in [1.165, 1.54) is 109 Å². The van der Waals surface area contributed by atoms with Crippen LogP contribution in [0.2, 0.25) is 0 Å². The summed E-state index contributed by atoms with van der Waals surface area (Å²) in [4.78, 5) is 0. The number of rotatable bonds is 19. The van der Waals surface area contributed by atoms with Crippen molar-refractivity contribution in [2.75, 3.05) is 33.7 Å². The van der Waals surface area contributed by atoms with Crippen molar-refractivity contribution in [1.82, 2.24) is 0 Å². The molecule has 0 aromatic rings. The third kappa shape index (κ3) is 18.3. The van der Waals surface area contributed by atoms with Crippen LogP contribution in [0.25, 0.3) is 0 Å². The normalized spacial score (nSPS) is 12.0. The third-order valence-electron chi connectivity index (χ3n) is 5.35. The first-order valence-electron chi connectivity index (χ1n) is 11.1. The molecule has 0 amide bonds. The first-order valence-corrected chi connectivity index (χ1v) is 11.1. The molecule has 0 aliphatic heterocycles. The molecule has 0 fully saturated rings. The van der Waals surface area contributed by atoms with Gasteiger partial charge in [-0.05, 0) is 12.8 Å². The Labute approximate surface area is 154 Å². The molecule has 0 aliphatic rings. The first-order chi connectivity index (χ1) is 11.6. The highest BCUT2D eigenvalue weighted by atomic mass is 15.3. The molecular formula is C22H49N2+. The second-order valence-electron chi connectivity index (χ2n) is 8.47. The molecule has 0 unspecified atom stereocenters. The molecule has 0 atom stereocenters. The van der Waals surface area contributed by atoms with E-state index in [0.29, 0.717) is 0 Å². The number of hydrogen-bond donors (Lipinski definition) is 1. The molecule has 0 rings (SSSR count). The minimum absolute atomic E-state index is 0.811. The van der Waals surface area contributed by atoms with Crippen LogP contribution in [0.5, 0.6) is 0 Å². The van der Waals surface area contributed by atoms with Crippen molar-refractivity contribution < 1.29 is 4.48 Å². The highest BCUT2D eigenvalue weighted by molar-refractivity contribution is 4.50. The maximum absolute atomic E-state index is 5.66. The Bertz CT molecular complexity index is 238. The molecule has 2 heteroatoms. The van der Waals surface area contributed by atoms with Crippen LogP contribution in [0.4, 0.5) is 0 Å². The van der Waals surface area contributed by atoms with Crippen molar-refractivity contribution in [3.05, 3.63) is 0 Å². The molecule has 146 valence electrons. The molecule has 0 spiro atoms. The van der Waals surface area contributed by atoms with Crippen LogP contribution in [-0.4, -0.2) is 38.2 Å². The van der Waals surface area contributed by atoms with E-state index < -0.39 is 0 Å². The molecule has 0 saturated heterocycles. The van der Waals surface area contributed by atoms with Gasteiger partial charge in [0.05, 0.1) is 27.2 Å². The summed E-state index contributed by atoms with van der Waals surface area (Å²) in [5.74, 6) is 0. The predicted octanol–water partition coefficient (Wildman–Crippen LogP) is 6.28. The van der Waals surface area contributed by atoms with Gasteiger partial charge in [-0.1, -0.05) is 96.8 Å². The van der Waals surface area contributed by atoms with Gasteiger partial charge in [-0.25, -0.2) is 0 Å². The Balaban J connectivity index is 3.10. The maximum atomic E-state index is 5.66. The van der Waals surface area contributed by atoms with Crippen molar-refractivity contribution in [3.63, 3.8) is 0 Å². The van der Waals surface area contributed by atoms with Crippen molar-refractivity contribution in [1.29, 1.82) is 0 Å². The molecule has 0 saturated carbocycles. The summed E-state index contributed by atoms with van der Waals surface area (Å²) >= 11 is 0. The molecule has 0 aromatic heterocycles. The number of likely N-dealkylation sites (N-methyl/N-ethyl adjacent to an activating group) is 1. The van der Waals surface area contributed by atoms with Crippen LogP contribution in [0, 0.1) is 0 Å². The zero-order chi connectivity index (χ0) is 17.9. The number of unbranched alkanes of at least 4 members (excludes halogenated alkanes) is 15. The first kappa shape index (κ1) is 23.9. The Kier molecular flexibility index (Phi) is 17.7. The summed E-state index contributed by atoms with van der Waals surface area (Å²) in [6.45, 7) is 5.50.